The smallest absolute Gasteiger partial charge is 0.253 e. The van der Waals surface area contributed by atoms with Gasteiger partial charge in [0.05, 0.1) is 10.6 Å². The Hall–Kier alpha value is -3.57. The topological polar surface area (TPSA) is 74.0 Å². The van der Waals surface area contributed by atoms with Crippen LogP contribution in [0.1, 0.15) is 28.4 Å². The van der Waals surface area contributed by atoms with Crippen molar-refractivity contribution < 1.29 is 9.59 Å². The van der Waals surface area contributed by atoms with Crippen molar-refractivity contribution in [2.75, 3.05) is 5.32 Å². The molecule has 6 heteroatoms. The molecule has 3 N–H and O–H groups in total. The van der Waals surface area contributed by atoms with Crippen molar-refractivity contribution >= 4 is 40.0 Å². The Morgan fingerprint density at radius 2 is 1.78 bits per heavy atom. The van der Waals surface area contributed by atoms with E-state index in [1.165, 1.54) is 0 Å². The van der Waals surface area contributed by atoms with E-state index in [1.54, 1.807) is 24.3 Å². The van der Waals surface area contributed by atoms with E-state index in [0.29, 0.717) is 22.7 Å². The first kappa shape index (κ1) is 21.7. The molecular weight excluding hydrogens is 422 g/mol. The van der Waals surface area contributed by atoms with E-state index in [0.717, 1.165) is 28.5 Å². The van der Waals surface area contributed by atoms with E-state index in [9.17, 15) is 9.59 Å². The minimum atomic E-state index is -0.789. The van der Waals surface area contributed by atoms with Gasteiger partial charge in [-0.1, -0.05) is 61.0 Å². The largest absolute Gasteiger partial charge is 0.361 e. The van der Waals surface area contributed by atoms with Crippen LogP contribution in [-0.2, 0) is 17.6 Å². The number of H-pyrrole nitrogens is 1. The lowest BCUT2D eigenvalue weighted by Crippen LogP contribution is -2.45. The first-order valence-electron chi connectivity index (χ1n) is 10.6. The Morgan fingerprint density at radius 1 is 1.00 bits per heavy atom. The predicted molar refractivity (Wildman–Crippen MR) is 129 cm³/mol. The SMILES string of the molecule is CCc1cccc(NC(=O)C(Cc2c[nH]c3ccccc23)NC(=O)c2ccccc2Cl)c1. The van der Waals surface area contributed by atoms with Gasteiger partial charge in [-0.05, 0) is 47.9 Å². The van der Waals surface area contributed by atoms with Crippen LogP contribution in [0, 0.1) is 0 Å². The first-order chi connectivity index (χ1) is 15.5. The van der Waals surface area contributed by atoms with E-state index >= 15 is 0 Å². The zero-order chi connectivity index (χ0) is 22.5. The number of para-hydroxylation sites is 1. The van der Waals surface area contributed by atoms with Crippen LogP contribution in [0.2, 0.25) is 5.02 Å². The molecule has 0 aliphatic heterocycles. The summed E-state index contributed by atoms with van der Waals surface area (Å²) in [6, 6.07) is 21.6. The molecule has 4 rings (SSSR count). The van der Waals surface area contributed by atoms with E-state index in [-0.39, 0.29) is 5.91 Å². The van der Waals surface area contributed by atoms with Crippen molar-refractivity contribution in [3.8, 4) is 0 Å². The van der Waals surface area contributed by atoms with Gasteiger partial charge in [0.15, 0.2) is 0 Å². The van der Waals surface area contributed by atoms with Crippen molar-refractivity contribution in [2.45, 2.75) is 25.8 Å². The minimum Gasteiger partial charge on any atom is -0.361 e. The van der Waals surface area contributed by atoms with Crippen molar-refractivity contribution in [3.63, 3.8) is 0 Å². The summed E-state index contributed by atoms with van der Waals surface area (Å²) in [4.78, 5) is 29.4. The monoisotopic (exact) mass is 445 g/mol. The number of aromatic nitrogens is 1. The van der Waals surface area contributed by atoms with E-state index in [2.05, 4.69) is 22.5 Å². The van der Waals surface area contributed by atoms with Crippen LogP contribution in [0.3, 0.4) is 0 Å². The average Bonchev–Trinajstić information content (AvgIpc) is 3.22. The highest BCUT2D eigenvalue weighted by Gasteiger charge is 2.24. The molecule has 0 radical (unpaired) electrons. The number of aromatic amines is 1. The molecule has 1 atom stereocenters. The summed E-state index contributed by atoms with van der Waals surface area (Å²) in [7, 11) is 0. The van der Waals surface area contributed by atoms with Crippen LogP contribution in [0.15, 0.2) is 79.0 Å². The molecule has 3 aromatic carbocycles. The molecule has 0 aliphatic carbocycles. The summed E-state index contributed by atoms with van der Waals surface area (Å²) in [5.41, 5.74) is 4.08. The summed E-state index contributed by atoms with van der Waals surface area (Å²) in [5.74, 6) is -0.679. The van der Waals surface area contributed by atoms with Crippen LogP contribution in [0.4, 0.5) is 5.69 Å². The zero-order valence-corrected chi connectivity index (χ0v) is 18.4. The number of carbonyl (C=O) groups is 2. The highest BCUT2D eigenvalue weighted by Crippen LogP contribution is 2.21. The number of hydrogen-bond acceptors (Lipinski definition) is 2. The zero-order valence-electron chi connectivity index (χ0n) is 17.7. The third-order valence-electron chi connectivity index (χ3n) is 5.44. The number of fused-ring (bicyclic) bond motifs is 1. The number of carbonyl (C=O) groups excluding carboxylic acids is 2. The molecule has 1 heterocycles. The Bertz CT molecular complexity index is 1260. The molecule has 1 unspecified atom stereocenters. The number of halogens is 1. The van der Waals surface area contributed by atoms with E-state index in [4.69, 9.17) is 11.6 Å². The van der Waals surface area contributed by atoms with Gasteiger partial charge in [-0.3, -0.25) is 9.59 Å². The van der Waals surface area contributed by atoms with Gasteiger partial charge in [0.25, 0.3) is 5.91 Å². The number of hydrogen-bond donors (Lipinski definition) is 3. The molecule has 0 saturated heterocycles. The van der Waals surface area contributed by atoms with Gasteiger partial charge >= 0.3 is 0 Å². The second-order valence-corrected chi connectivity index (χ2v) is 8.02. The molecule has 2 amide bonds. The van der Waals surface area contributed by atoms with Crippen molar-refractivity contribution in [3.05, 3.63) is 101 Å². The van der Waals surface area contributed by atoms with Crippen LogP contribution < -0.4 is 10.6 Å². The standard InChI is InChI=1S/C26H24ClN3O2/c1-2-17-8-7-9-19(14-17)29-26(32)24(30-25(31)21-11-3-5-12-22(21)27)15-18-16-28-23-13-6-4-10-20(18)23/h3-14,16,24,28H,2,15H2,1H3,(H,29,32)(H,30,31). The molecule has 0 aliphatic rings. The van der Waals surface area contributed by atoms with Crippen molar-refractivity contribution in [1.29, 1.82) is 0 Å². The minimum absolute atomic E-state index is 0.288. The predicted octanol–water partition coefficient (Wildman–Crippen LogP) is 5.36. The fourth-order valence-corrected chi connectivity index (χ4v) is 3.93. The molecule has 32 heavy (non-hydrogen) atoms. The van der Waals surface area contributed by atoms with Gasteiger partial charge in [-0.25, -0.2) is 0 Å². The van der Waals surface area contributed by atoms with Crippen LogP contribution >= 0.6 is 11.6 Å². The lowest BCUT2D eigenvalue weighted by Gasteiger charge is -2.19. The van der Waals surface area contributed by atoms with Gasteiger partial charge in [-0.2, -0.15) is 0 Å². The first-order valence-corrected chi connectivity index (χ1v) is 10.9. The molecule has 4 aromatic rings. The number of aryl methyl sites for hydroxylation is 1. The molecular formula is C26H24ClN3O2. The highest BCUT2D eigenvalue weighted by molar-refractivity contribution is 6.33. The number of benzene rings is 3. The van der Waals surface area contributed by atoms with Gasteiger partial charge in [-0.15, -0.1) is 0 Å². The lowest BCUT2D eigenvalue weighted by molar-refractivity contribution is -0.118. The van der Waals surface area contributed by atoms with Gasteiger partial charge in [0, 0.05) is 29.2 Å². The Balaban J connectivity index is 1.61. The highest BCUT2D eigenvalue weighted by atomic mass is 35.5. The molecule has 162 valence electrons. The number of nitrogens with one attached hydrogen (secondary N) is 3. The van der Waals surface area contributed by atoms with Crippen LogP contribution in [-0.4, -0.2) is 22.8 Å². The van der Waals surface area contributed by atoms with Gasteiger partial charge in [0.2, 0.25) is 5.91 Å². The summed E-state index contributed by atoms with van der Waals surface area (Å²) < 4.78 is 0. The third-order valence-corrected chi connectivity index (χ3v) is 5.77. The van der Waals surface area contributed by atoms with E-state index in [1.807, 2.05) is 54.7 Å². The second-order valence-electron chi connectivity index (χ2n) is 7.61. The Morgan fingerprint density at radius 3 is 2.59 bits per heavy atom. The molecule has 1 aromatic heterocycles. The maximum absolute atomic E-state index is 13.3. The molecule has 0 fully saturated rings. The summed E-state index contributed by atoms with van der Waals surface area (Å²) >= 11 is 6.20. The number of amides is 2. The molecule has 0 bridgehead atoms. The lowest BCUT2D eigenvalue weighted by atomic mass is 10.0. The van der Waals surface area contributed by atoms with Gasteiger partial charge in [0.1, 0.15) is 6.04 Å². The maximum Gasteiger partial charge on any atom is 0.253 e. The molecule has 5 nitrogen and oxygen atoms in total. The van der Waals surface area contributed by atoms with Crippen molar-refractivity contribution in [1.82, 2.24) is 10.3 Å². The normalized spacial score (nSPS) is 11.8. The second kappa shape index (κ2) is 9.71. The molecule has 0 spiro atoms. The Labute approximate surface area is 191 Å². The number of rotatable bonds is 7. The summed E-state index contributed by atoms with van der Waals surface area (Å²) in [6.07, 6.45) is 3.08. The Kier molecular flexibility index (Phi) is 6.57. The summed E-state index contributed by atoms with van der Waals surface area (Å²) in [6.45, 7) is 2.06. The summed E-state index contributed by atoms with van der Waals surface area (Å²) in [5, 5.41) is 7.19. The van der Waals surface area contributed by atoms with E-state index < -0.39 is 11.9 Å². The maximum atomic E-state index is 13.3. The number of anilines is 1. The van der Waals surface area contributed by atoms with Crippen LogP contribution in [0.25, 0.3) is 10.9 Å². The van der Waals surface area contributed by atoms with Gasteiger partial charge < -0.3 is 15.6 Å². The fraction of sp³-hybridized carbons (Fsp3) is 0.154. The third kappa shape index (κ3) is 4.84. The van der Waals surface area contributed by atoms with Crippen molar-refractivity contribution in [2.24, 2.45) is 0 Å². The quantitative estimate of drug-likeness (QED) is 0.358. The average molecular weight is 446 g/mol. The molecule has 0 saturated carbocycles. The van der Waals surface area contributed by atoms with Crippen LogP contribution in [0.5, 0.6) is 0 Å². The fourth-order valence-electron chi connectivity index (χ4n) is 3.71.